The number of nitrogens with zero attached hydrogens (tertiary/aromatic N) is 4. The van der Waals surface area contributed by atoms with Crippen LogP contribution in [0.5, 0.6) is 0 Å². The maximum atomic E-state index is 5.82. The number of thiophene rings is 1. The summed E-state index contributed by atoms with van der Waals surface area (Å²) in [6.07, 6.45) is 5.93. The van der Waals surface area contributed by atoms with Crippen LogP contribution in [-0.4, -0.2) is 34.2 Å². The topological polar surface area (TPSA) is 51.1 Å². The number of pyridine rings is 1. The highest BCUT2D eigenvalue weighted by atomic mass is 32.1. The van der Waals surface area contributed by atoms with Gasteiger partial charge in [0.25, 0.3) is 0 Å². The molecule has 118 valence electrons. The van der Waals surface area contributed by atoms with Crippen LogP contribution in [-0.2, 0) is 11.3 Å². The lowest BCUT2D eigenvalue weighted by Gasteiger charge is -2.26. The molecule has 1 saturated heterocycles. The molecule has 1 atom stereocenters. The first-order valence-electron chi connectivity index (χ1n) is 7.85. The van der Waals surface area contributed by atoms with Gasteiger partial charge in [-0.1, -0.05) is 6.07 Å². The van der Waals surface area contributed by atoms with E-state index < -0.39 is 0 Å². The summed E-state index contributed by atoms with van der Waals surface area (Å²) in [5, 5.41) is 2.11. The van der Waals surface area contributed by atoms with Crippen LogP contribution in [0.1, 0.15) is 17.7 Å². The first-order chi connectivity index (χ1) is 11.4. The molecule has 0 saturated carbocycles. The number of hydrogen-bond donors (Lipinski definition) is 0. The average molecular weight is 326 g/mol. The highest BCUT2D eigenvalue weighted by molar-refractivity contribution is 7.09. The van der Waals surface area contributed by atoms with Crippen molar-refractivity contribution in [3.63, 3.8) is 0 Å². The van der Waals surface area contributed by atoms with Gasteiger partial charge in [0, 0.05) is 30.4 Å². The van der Waals surface area contributed by atoms with Gasteiger partial charge in [-0.3, -0.25) is 4.98 Å². The molecule has 0 spiro atoms. The van der Waals surface area contributed by atoms with Crippen LogP contribution in [0.3, 0.4) is 0 Å². The number of ether oxygens (including phenoxy) is 1. The second-order valence-corrected chi connectivity index (χ2v) is 6.70. The molecule has 0 aromatic carbocycles. The Bertz CT molecular complexity index is 771. The molecule has 6 heteroatoms. The van der Waals surface area contributed by atoms with Crippen molar-refractivity contribution >= 4 is 28.3 Å². The maximum Gasteiger partial charge on any atom is 0.180 e. The second-order valence-electron chi connectivity index (χ2n) is 5.66. The zero-order valence-electron chi connectivity index (χ0n) is 12.8. The van der Waals surface area contributed by atoms with Crippen LogP contribution < -0.4 is 4.90 Å². The second kappa shape index (κ2) is 6.60. The number of rotatable bonds is 5. The molecule has 4 rings (SSSR count). The third kappa shape index (κ3) is 3.33. The van der Waals surface area contributed by atoms with E-state index in [9.17, 15) is 0 Å². The van der Waals surface area contributed by atoms with E-state index in [2.05, 4.69) is 32.4 Å². The Kier molecular flexibility index (Phi) is 4.17. The van der Waals surface area contributed by atoms with Gasteiger partial charge in [0.1, 0.15) is 11.3 Å². The lowest BCUT2D eigenvalue weighted by atomic mass is 10.2. The predicted octanol–water partition coefficient (Wildman–Crippen LogP) is 3.27. The quantitative estimate of drug-likeness (QED) is 0.720. The fraction of sp³-hybridized carbons (Fsp3) is 0.353. The standard InChI is InChI=1S/C17H18N4OS/c1-3-13(22-9-1)11-21(12-14-4-2-10-23-14)16-6-5-15-17(20-16)19-8-7-18-15/h2,4-8,10,13H,1,3,9,11-12H2/t13-/m0/s1. The molecule has 0 unspecified atom stereocenters. The van der Waals surface area contributed by atoms with Crippen LogP contribution in [0.4, 0.5) is 5.82 Å². The Morgan fingerprint density at radius 3 is 3.00 bits per heavy atom. The number of anilines is 1. The van der Waals surface area contributed by atoms with Crippen LogP contribution in [0.2, 0.25) is 0 Å². The lowest BCUT2D eigenvalue weighted by Crippen LogP contribution is -2.32. The van der Waals surface area contributed by atoms with Gasteiger partial charge in [0.05, 0.1) is 12.6 Å². The van der Waals surface area contributed by atoms with E-state index >= 15 is 0 Å². The van der Waals surface area contributed by atoms with Gasteiger partial charge in [0.15, 0.2) is 5.65 Å². The van der Waals surface area contributed by atoms with Crippen molar-refractivity contribution < 1.29 is 4.74 Å². The smallest absolute Gasteiger partial charge is 0.180 e. The Morgan fingerprint density at radius 1 is 1.22 bits per heavy atom. The van der Waals surface area contributed by atoms with Crippen LogP contribution in [0, 0.1) is 0 Å². The summed E-state index contributed by atoms with van der Waals surface area (Å²) in [5.74, 6) is 0.932. The zero-order valence-corrected chi connectivity index (χ0v) is 13.6. The van der Waals surface area contributed by atoms with E-state index in [1.165, 1.54) is 4.88 Å². The van der Waals surface area contributed by atoms with Gasteiger partial charge in [0.2, 0.25) is 0 Å². The van der Waals surface area contributed by atoms with Crippen molar-refractivity contribution in [3.8, 4) is 0 Å². The van der Waals surface area contributed by atoms with E-state index in [-0.39, 0.29) is 6.10 Å². The van der Waals surface area contributed by atoms with Crippen LogP contribution in [0.15, 0.2) is 42.0 Å². The molecule has 0 bridgehead atoms. The largest absolute Gasteiger partial charge is 0.376 e. The molecule has 1 aliphatic heterocycles. The molecule has 1 fully saturated rings. The van der Waals surface area contributed by atoms with Gasteiger partial charge in [-0.25, -0.2) is 9.97 Å². The molecular weight excluding hydrogens is 308 g/mol. The number of hydrogen-bond acceptors (Lipinski definition) is 6. The Morgan fingerprint density at radius 2 is 2.17 bits per heavy atom. The summed E-state index contributed by atoms with van der Waals surface area (Å²) in [4.78, 5) is 16.9. The number of fused-ring (bicyclic) bond motifs is 1. The summed E-state index contributed by atoms with van der Waals surface area (Å²) < 4.78 is 5.82. The molecule has 0 aliphatic carbocycles. The molecule has 4 heterocycles. The van der Waals surface area contributed by atoms with Crippen molar-refractivity contribution in [2.75, 3.05) is 18.1 Å². The van der Waals surface area contributed by atoms with Gasteiger partial charge in [-0.05, 0) is 36.4 Å². The van der Waals surface area contributed by atoms with E-state index in [4.69, 9.17) is 9.72 Å². The monoisotopic (exact) mass is 326 g/mol. The van der Waals surface area contributed by atoms with Crippen molar-refractivity contribution in [1.82, 2.24) is 15.0 Å². The molecule has 23 heavy (non-hydrogen) atoms. The Labute approximate surface area is 139 Å². The Balaban J connectivity index is 1.63. The molecular formula is C17H18N4OS. The lowest BCUT2D eigenvalue weighted by molar-refractivity contribution is 0.115. The molecule has 0 radical (unpaired) electrons. The minimum absolute atomic E-state index is 0.286. The van der Waals surface area contributed by atoms with E-state index in [1.54, 1.807) is 23.7 Å². The Hall–Kier alpha value is -2.05. The first kappa shape index (κ1) is 14.5. The number of aromatic nitrogens is 3. The van der Waals surface area contributed by atoms with E-state index in [0.29, 0.717) is 5.65 Å². The highest BCUT2D eigenvalue weighted by Gasteiger charge is 2.21. The van der Waals surface area contributed by atoms with E-state index in [0.717, 1.165) is 43.9 Å². The summed E-state index contributed by atoms with van der Waals surface area (Å²) >= 11 is 1.77. The molecule has 3 aromatic heterocycles. The summed E-state index contributed by atoms with van der Waals surface area (Å²) in [6, 6.07) is 8.26. The van der Waals surface area contributed by atoms with E-state index in [1.807, 2.05) is 12.1 Å². The van der Waals surface area contributed by atoms with Crippen molar-refractivity contribution in [1.29, 1.82) is 0 Å². The fourth-order valence-corrected chi connectivity index (χ4v) is 3.60. The third-order valence-corrected chi connectivity index (χ3v) is 4.88. The third-order valence-electron chi connectivity index (χ3n) is 4.02. The molecule has 0 N–H and O–H groups in total. The summed E-state index contributed by atoms with van der Waals surface area (Å²) in [5.41, 5.74) is 1.51. The normalized spacial score (nSPS) is 17.7. The van der Waals surface area contributed by atoms with Crippen molar-refractivity contribution in [2.24, 2.45) is 0 Å². The SMILES string of the molecule is c1csc(CN(C[C@@H]2CCCO2)c2ccc3nccnc3n2)c1. The van der Waals surface area contributed by atoms with Gasteiger partial charge >= 0.3 is 0 Å². The molecule has 1 aliphatic rings. The highest BCUT2D eigenvalue weighted by Crippen LogP contribution is 2.22. The van der Waals surface area contributed by atoms with Gasteiger partial charge < -0.3 is 9.64 Å². The summed E-state index contributed by atoms with van der Waals surface area (Å²) in [7, 11) is 0. The zero-order chi connectivity index (χ0) is 15.5. The predicted molar refractivity (Wildman–Crippen MR) is 91.7 cm³/mol. The molecule has 5 nitrogen and oxygen atoms in total. The van der Waals surface area contributed by atoms with Crippen LogP contribution >= 0.6 is 11.3 Å². The van der Waals surface area contributed by atoms with Crippen molar-refractivity contribution in [2.45, 2.75) is 25.5 Å². The summed E-state index contributed by atoms with van der Waals surface area (Å²) in [6.45, 7) is 2.57. The van der Waals surface area contributed by atoms with Gasteiger partial charge in [-0.15, -0.1) is 11.3 Å². The maximum absolute atomic E-state index is 5.82. The van der Waals surface area contributed by atoms with Gasteiger partial charge in [-0.2, -0.15) is 0 Å². The minimum atomic E-state index is 0.286. The molecule has 0 amide bonds. The fourth-order valence-electron chi connectivity index (χ4n) is 2.88. The average Bonchev–Trinajstić information content (AvgIpc) is 3.28. The molecule has 3 aromatic rings. The first-order valence-corrected chi connectivity index (χ1v) is 8.73. The van der Waals surface area contributed by atoms with Crippen molar-refractivity contribution in [3.05, 3.63) is 46.9 Å². The minimum Gasteiger partial charge on any atom is -0.376 e. The van der Waals surface area contributed by atoms with Crippen LogP contribution in [0.25, 0.3) is 11.2 Å².